The van der Waals surface area contributed by atoms with Crippen molar-refractivity contribution in [2.45, 2.75) is 39.2 Å². The van der Waals surface area contributed by atoms with Gasteiger partial charge in [-0.15, -0.1) is 0 Å². The molecule has 1 amide bonds. The van der Waals surface area contributed by atoms with E-state index in [9.17, 15) is 14.4 Å². The fraction of sp³-hybridized carbons (Fsp3) is 0.333. The molecule has 1 aromatic heterocycles. The molecule has 0 unspecified atom stereocenters. The van der Waals surface area contributed by atoms with Crippen molar-refractivity contribution in [3.05, 3.63) is 58.7 Å². The second-order valence-electron chi connectivity index (χ2n) is 6.57. The van der Waals surface area contributed by atoms with Gasteiger partial charge in [-0.25, -0.2) is 9.78 Å². The molecule has 8 nitrogen and oxygen atoms in total. The molecule has 0 atom stereocenters. The number of imidazole rings is 1. The van der Waals surface area contributed by atoms with Crippen LogP contribution in [0.5, 0.6) is 0 Å². The van der Waals surface area contributed by atoms with E-state index in [1.54, 1.807) is 12.1 Å². The van der Waals surface area contributed by atoms with E-state index in [-0.39, 0.29) is 6.42 Å². The minimum Gasteiger partial charge on any atom is -0.478 e. The zero-order valence-corrected chi connectivity index (χ0v) is 17.6. The Hall–Kier alpha value is -3.13. The average Bonchev–Trinajstić information content (AvgIpc) is 3.00. The molecule has 0 fully saturated rings. The quantitative estimate of drug-likeness (QED) is 0.439. The molecular formula is C21H24ClN3O5. The third kappa shape index (κ3) is 6.73. The molecule has 0 saturated carbocycles. The lowest BCUT2D eigenvalue weighted by Crippen LogP contribution is -2.14. The number of unbranched alkanes of at least 4 members (excludes halogenated alkanes) is 1. The molecule has 30 heavy (non-hydrogen) atoms. The van der Waals surface area contributed by atoms with E-state index in [2.05, 4.69) is 17.2 Å². The van der Waals surface area contributed by atoms with E-state index in [1.165, 1.54) is 7.11 Å². The third-order valence-electron chi connectivity index (χ3n) is 4.34. The molecule has 9 heteroatoms. The molecule has 160 valence electrons. The van der Waals surface area contributed by atoms with Gasteiger partial charge in [-0.3, -0.25) is 9.59 Å². The number of carbonyl (C=O) groups excluding carboxylic acids is 2. The summed E-state index contributed by atoms with van der Waals surface area (Å²) < 4.78 is 6.70. The number of methoxy groups -OCH3 is 1. The Balaban J connectivity index is 2.20. The molecule has 0 saturated heterocycles. The van der Waals surface area contributed by atoms with E-state index in [4.69, 9.17) is 21.4 Å². The fourth-order valence-electron chi connectivity index (χ4n) is 2.80. The first-order valence-corrected chi connectivity index (χ1v) is 9.83. The number of aliphatic carboxylic acids is 1. The van der Waals surface area contributed by atoms with Crippen LogP contribution in [0, 0.1) is 0 Å². The van der Waals surface area contributed by atoms with Gasteiger partial charge < -0.3 is 19.7 Å². The Kier molecular flexibility index (Phi) is 8.61. The molecule has 2 rings (SSSR count). The monoisotopic (exact) mass is 433 g/mol. The number of esters is 1. The third-order valence-corrected chi connectivity index (χ3v) is 4.64. The number of carbonyl (C=O) groups is 3. The highest BCUT2D eigenvalue weighted by Gasteiger charge is 2.19. The van der Waals surface area contributed by atoms with E-state index in [0.717, 1.165) is 42.8 Å². The Bertz CT molecular complexity index is 935. The van der Waals surface area contributed by atoms with Gasteiger partial charge >= 0.3 is 11.9 Å². The van der Waals surface area contributed by atoms with Crippen molar-refractivity contribution in [3.63, 3.8) is 0 Å². The number of amides is 1. The summed E-state index contributed by atoms with van der Waals surface area (Å²) in [6.07, 6.45) is 4.43. The first kappa shape index (κ1) is 23.2. The first-order valence-electron chi connectivity index (χ1n) is 9.45. The van der Waals surface area contributed by atoms with Crippen LogP contribution in [0.3, 0.4) is 0 Å². The van der Waals surface area contributed by atoms with E-state index >= 15 is 0 Å². The molecule has 1 heterocycles. The standard InChI is InChI=1S/C21H24ClN3O5/c1-3-4-5-17-24-21(22)16(12-20(29)30-2)25(17)13-14-6-8-15(9-7-14)23-18(26)10-11-19(27)28/h6-11H,3-5,12-13H2,1-2H3,(H,23,26)(H,27,28)/b11-10-. The van der Waals surface area contributed by atoms with Crippen molar-refractivity contribution < 1.29 is 24.2 Å². The van der Waals surface area contributed by atoms with Gasteiger partial charge in [0.15, 0.2) is 5.15 Å². The molecule has 0 spiro atoms. The summed E-state index contributed by atoms with van der Waals surface area (Å²) in [4.78, 5) is 38.4. The van der Waals surface area contributed by atoms with Gasteiger partial charge in [0, 0.05) is 30.8 Å². The molecule has 0 aliphatic carbocycles. The highest BCUT2D eigenvalue weighted by molar-refractivity contribution is 6.30. The minimum atomic E-state index is -1.19. The number of benzene rings is 1. The Morgan fingerprint density at radius 1 is 1.23 bits per heavy atom. The predicted molar refractivity (Wildman–Crippen MR) is 113 cm³/mol. The lowest BCUT2D eigenvalue weighted by atomic mass is 10.2. The second kappa shape index (κ2) is 11.2. The number of anilines is 1. The van der Waals surface area contributed by atoms with Crippen LogP contribution < -0.4 is 5.32 Å². The number of aryl methyl sites for hydroxylation is 1. The van der Waals surface area contributed by atoms with E-state index in [1.807, 2.05) is 16.7 Å². The summed E-state index contributed by atoms with van der Waals surface area (Å²) in [7, 11) is 1.33. The zero-order valence-electron chi connectivity index (χ0n) is 16.9. The molecule has 2 aromatic rings. The number of halogens is 1. The number of nitrogens with one attached hydrogen (secondary N) is 1. The van der Waals surface area contributed by atoms with Gasteiger partial charge in [0.05, 0.1) is 19.2 Å². The van der Waals surface area contributed by atoms with Crippen LogP contribution in [0.1, 0.15) is 36.8 Å². The SMILES string of the molecule is CCCCc1nc(Cl)c(CC(=O)OC)n1Cc1ccc(NC(=O)/C=C\C(=O)O)cc1. The van der Waals surface area contributed by atoms with Gasteiger partial charge in [-0.05, 0) is 24.1 Å². The minimum absolute atomic E-state index is 0.0263. The highest BCUT2D eigenvalue weighted by atomic mass is 35.5. The molecule has 0 radical (unpaired) electrons. The molecule has 0 bridgehead atoms. The van der Waals surface area contributed by atoms with Crippen LogP contribution in [-0.2, 0) is 38.5 Å². The lowest BCUT2D eigenvalue weighted by Gasteiger charge is -2.12. The number of nitrogens with zero attached hydrogens (tertiary/aromatic N) is 2. The number of carboxylic acid groups (broad SMARTS) is 1. The van der Waals surface area contributed by atoms with Crippen molar-refractivity contribution >= 4 is 35.1 Å². The second-order valence-corrected chi connectivity index (χ2v) is 6.92. The van der Waals surface area contributed by atoms with Crippen molar-refractivity contribution in [1.82, 2.24) is 9.55 Å². The van der Waals surface area contributed by atoms with Crippen LogP contribution in [0.4, 0.5) is 5.69 Å². The average molecular weight is 434 g/mol. The topological polar surface area (TPSA) is 111 Å². The van der Waals surface area contributed by atoms with Gasteiger partial charge in [0.25, 0.3) is 0 Å². The molecule has 1 aromatic carbocycles. The summed E-state index contributed by atoms with van der Waals surface area (Å²) in [6, 6.07) is 7.09. The van der Waals surface area contributed by atoms with Crippen molar-refractivity contribution in [2.24, 2.45) is 0 Å². The van der Waals surface area contributed by atoms with Crippen LogP contribution in [-0.4, -0.2) is 39.6 Å². The lowest BCUT2D eigenvalue weighted by molar-refractivity contribution is -0.140. The number of ether oxygens (including phenoxy) is 1. The normalized spacial score (nSPS) is 10.9. The first-order chi connectivity index (χ1) is 14.3. The van der Waals surface area contributed by atoms with E-state index < -0.39 is 17.8 Å². The van der Waals surface area contributed by atoms with Gasteiger partial charge in [0.2, 0.25) is 5.91 Å². The van der Waals surface area contributed by atoms with Gasteiger partial charge in [-0.2, -0.15) is 0 Å². The van der Waals surface area contributed by atoms with Crippen LogP contribution in [0.25, 0.3) is 0 Å². The van der Waals surface area contributed by atoms with Crippen molar-refractivity contribution in [1.29, 1.82) is 0 Å². The summed E-state index contributed by atoms with van der Waals surface area (Å²) in [5.74, 6) is -1.32. The van der Waals surface area contributed by atoms with Crippen molar-refractivity contribution in [2.75, 3.05) is 12.4 Å². The summed E-state index contributed by atoms with van der Waals surface area (Å²) in [6.45, 7) is 2.54. The maximum absolute atomic E-state index is 11.8. The van der Waals surface area contributed by atoms with Crippen LogP contribution in [0.2, 0.25) is 5.15 Å². The Morgan fingerprint density at radius 2 is 1.93 bits per heavy atom. The summed E-state index contributed by atoms with van der Waals surface area (Å²) in [5.41, 5.74) is 2.06. The van der Waals surface area contributed by atoms with Crippen LogP contribution >= 0.6 is 11.6 Å². The van der Waals surface area contributed by atoms with Gasteiger partial charge in [-0.1, -0.05) is 37.1 Å². The maximum Gasteiger partial charge on any atom is 0.328 e. The fourth-order valence-corrected chi connectivity index (χ4v) is 3.07. The maximum atomic E-state index is 11.8. The zero-order chi connectivity index (χ0) is 22.1. The predicted octanol–water partition coefficient (Wildman–Crippen LogP) is 3.22. The largest absolute Gasteiger partial charge is 0.478 e. The van der Waals surface area contributed by atoms with Gasteiger partial charge in [0.1, 0.15) is 5.82 Å². The van der Waals surface area contributed by atoms with Crippen LogP contribution in [0.15, 0.2) is 36.4 Å². The smallest absolute Gasteiger partial charge is 0.328 e. The number of aromatic nitrogens is 2. The van der Waals surface area contributed by atoms with Crippen molar-refractivity contribution in [3.8, 4) is 0 Å². The Morgan fingerprint density at radius 3 is 2.53 bits per heavy atom. The summed E-state index contributed by atoms with van der Waals surface area (Å²) in [5, 5.41) is 11.4. The molecule has 2 N–H and O–H groups in total. The number of rotatable bonds is 10. The highest BCUT2D eigenvalue weighted by Crippen LogP contribution is 2.22. The number of hydrogen-bond acceptors (Lipinski definition) is 5. The van der Waals surface area contributed by atoms with E-state index in [0.29, 0.717) is 23.1 Å². The molecule has 0 aliphatic rings. The number of hydrogen-bond donors (Lipinski definition) is 2. The molecule has 0 aliphatic heterocycles. The summed E-state index contributed by atoms with van der Waals surface area (Å²) >= 11 is 6.30. The Labute approximate surface area is 179 Å². The number of carboxylic acids is 1. The molecular weight excluding hydrogens is 410 g/mol.